The Hall–Kier alpha value is -1.49. The highest BCUT2D eigenvalue weighted by Gasteiger charge is 2.25. The first-order valence-corrected chi connectivity index (χ1v) is 8.09. The highest BCUT2D eigenvalue weighted by atomic mass is 32.2. The zero-order valence-corrected chi connectivity index (χ0v) is 12.2. The minimum atomic E-state index is -3.55. The Balaban J connectivity index is 2.02. The second-order valence-electron chi connectivity index (χ2n) is 4.95. The molecule has 1 fully saturated rings. The maximum Gasteiger partial charge on any atom is 0.242 e. The minimum absolute atomic E-state index is 0.0276. The van der Waals surface area contributed by atoms with Gasteiger partial charge in [-0.15, -0.1) is 0 Å². The summed E-state index contributed by atoms with van der Waals surface area (Å²) in [6.45, 7) is 0. The molecule has 1 heterocycles. The average Bonchev–Trinajstić information content (AvgIpc) is 2.48. The van der Waals surface area contributed by atoms with Gasteiger partial charge < -0.3 is 5.32 Å². The topological polar surface area (TPSA) is 94.9 Å². The van der Waals surface area contributed by atoms with Gasteiger partial charge in [-0.1, -0.05) is 0 Å². The Morgan fingerprint density at radius 3 is 2.40 bits per heavy atom. The summed E-state index contributed by atoms with van der Waals surface area (Å²) in [5.74, 6) is 0. The molecule has 0 aromatic carbocycles. The SMILES string of the molecule is CNC1CCC(NS(=O)(=O)c2ccc(C#N)nc2)CC1. The lowest BCUT2D eigenvalue weighted by molar-refractivity contribution is 0.343. The first kappa shape index (κ1) is 14.9. The Labute approximate surface area is 119 Å². The quantitative estimate of drug-likeness (QED) is 0.855. The van der Waals surface area contributed by atoms with Crippen LogP contribution in [0.2, 0.25) is 0 Å². The zero-order chi connectivity index (χ0) is 14.6. The number of pyridine rings is 1. The van der Waals surface area contributed by atoms with Gasteiger partial charge in [0.25, 0.3) is 0 Å². The standard InChI is InChI=1S/C13H18N4O2S/c1-15-10-2-4-11(5-3-10)17-20(18,19)13-7-6-12(8-14)16-9-13/h6-7,9-11,15,17H,2-5H2,1H3. The van der Waals surface area contributed by atoms with Crippen molar-refractivity contribution >= 4 is 10.0 Å². The van der Waals surface area contributed by atoms with Crippen molar-refractivity contribution < 1.29 is 8.42 Å². The van der Waals surface area contributed by atoms with Crippen LogP contribution in [0.4, 0.5) is 0 Å². The summed E-state index contributed by atoms with van der Waals surface area (Å²) in [6, 6.07) is 5.14. The molecule has 0 spiro atoms. The van der Waals surface area contributed by atoms with Crippen molar-refractivity contribution in [2.24, 2.45) is 0 Å². The maximum atomic E-state index is 12.2. The van der Waals surface area contributed by atoms with Gasteiger partial charge in [0.15, 0.2) is 0 Å². The summed E-state index contributed by atoms with van der Waals surface area (Å²) in [6.07, 6.45) is 4.81. The van der Waals surface area contributed by atoms with Gasteiger partial charge >= 0.3 is 0 Å². The molecule has 0 amide bonds. The van der Waals surface area contributed by atoms with Gasteiger partial charge in [0.05, 0.1) is 0 Å². The van der Waals surface area contributed by atoms with Crippen LogP contribution in [0.15, 0.2) is 23.2 Å². The van der Waals surface area contributed by atoms with E-state index in [1.54, 1.807) is 0 Å². The fourth-order valence-corrected chi connectivity index (χ4v) is 3.64. The van der Waals surface area contributed by atoms with Crippen molar-refractivity contribution in [3.8, 4) is 6.07 Å². The van der Waals surface area contributed by atoms with E-state index in [2.05, 4.69) is 15.0 Å². The fraction of sp³-hybridized carbons (Fsp3) is 0.538. The van der Waals surface area contributed by atoms with E-state index >= 15 is 0 Å². The van der Waals surface area contributed by atoms with Crippen LogP contribution in [-0.4, -0.2) is 32.5 Å². The fourth-order valence-electron chi connectivity index (χ4n) is 2.39. The van der Waals surface area contributed by atoms with E-state index in [1.165, 1.54) is 18.3 Å². The van der Waals surface area contributed by atoms with E-state index < -0.39 is 10.0 Å². The van der Waals surface area contributed by atoms with Gasteiger partial charge in [-0.25, -0.2) is 18.1 Å². The van der Waals surface area contributed by atoms with Gasteiger partial charge in [-0.05, 0) is 44.9 Å². The molecule has 0 radical (unpaired) electrons. The summed E-state index contributed by atoms with van der Waals surface area (Å²) in [5.41, 5.74) is 0.207. The Morgan fingerprint density at radius 2 is 1.90 bits per heavy atom. The van der Waals surface area contributed by atoms with Crippen LogP contribution in [0.5, 0.6) is 0 Å². The van der Waals surface area contributed by atoms with Gasteiger partial charge in [-0.2, -0.15) is 5.26 Å². The molecule has 0 aliphatic heterocycles. The number of sulfonamides is 1. The van der Waals surface area contributed by atoms with E-state index in [-0.39, 0.29) is 16.6 Å². The summed E-state index contributed by atoms with van der Waals surface area (Å²) < 4.78 is 27.1. The largest absolute Gasteiger partial charge is 0.317 e. The molecule has 1 aliphatic carbocycles. The lowest BCUT2D eigenvalue weighted by atomic mass is 9.92. The van der Waals surface area contributed by atoms with Crippen LogP contribution < -0.4 is 10.0 Å². The Morgan fingerprint density at radius 1 is 1.25 bits per heavy atom. The summed E-state index contributed by atoms with van der Waals surface area (Å²) in [4.78, 5) is 3.90. The molecule has 0 bridgehead atoms. The number of nitrogens with one attached hydrogen (secondary N) is 2. The molecule has 2 rings (SSSR count). The molecule has 1 saturated carbocycles. The van der Waals surface area contributed by atoms with E-state index in [9.17, 15) is 8.42 Å². The molecular weight excluding hydrogens is 276 g/mol. The van der Waals surface area contributed by atoms with Crippen LogP contribution in [0.25, 0.3) is 0 Å². The molecule has 20 heavy (non-hydrogen) atoms. The maximum absolute atomic E-state index is 12.2. The number of nitriles is 1. The van der Waals surface area contributed by atoms with Gasteiger partial charge in [0, 0.05) is 18.3 Å². The first-order chi connectivity index (χ1) is 9.55. The minimum Gasteiger partial charge on any atom is -0.317 e. The normalized spacial score (nSPS) is 23.2. The van der Waals surface area contributed by atoms with Crippen molar-refractivity contribution in [3.63, 3.8) is 0 Å². The van der Waals surface area contributed by atoms with Crippen molar-refractivity contribution in [3.05, 3.63) is 24.0 Å². The molecule has 6 nitrogen and oxygen atoms in total. The van der Waals surface area contributed by atoms with E-state index in [0.29, 0.717) is 6.04 Å². The number of nitrogens with zero attached hydrogens (tertiary/aromatic N) is 2. The number of hydrogen-bond acceptors (Lipinski definition) is 5. The number of hydrogen-bond donors (Lipinski definition) is 2. The molecular formula is C13H18N4O2S. The molecule has 7 heteroatoms. The molecule has 1 aromatic heterocycles. The van der Waals surface area contributed by atoms with Gasteiger partial charge in [0.1, 0.15) is 16.7 Å². The van der Waals surface area contributed by atoms with E-state index in [4.69, 9.17) is 5.26 Å². The highest BCUT2D eigenvalue weighted by molar-refractivity contribution is 7.89. The Bertz CT molecular complexity index is 584. The average molecular weight is 294 g/mol. The second-order valence-corrected chi connectivity index (χ2v) is 6.66. The first-order valence-electron chi connectivity index (χ1n) is 6.61. The van der Waals surface area contributed by atoms with E-state index in [0.717, 1.165) is 25.7 Å². The second kappa shape index (κ2) is 6.31. The molecule has 2 N–H and O–H groups in total. The van der Waals surface area contributed by atoms with Crippen molar-refractivity contribution in [1.82, 2.24) is 15.0 Å². The molecule has 0 saturated heterocycles. The molecule has 1 aromatic rings. The van der Waals surface area contributed by atoms with Gasteiger partial charge in [0.2, 0.25) is 10.0 Å². The monoisotopic (exact) mass is 294 g/mol. The highest BCUT2D eigenvalue weighted by Crippen LogP contribution is 2.20. The molecule has 0 unspecified atom stereocenters. The van der Waals surface area contributed by atoms with Gasteiger partial charge in [-0.3, -0.25) is 0 Å². The lowest BCUT2D eigenvalue weighted by Crippen LogP contribution is -2.41. The van der Waals surface area contributed by atoms with Crippen LogP contribution in [0.1, 0.15) is 31.4 Å². The van der Waals surface area contributed by atoms with Crippen LogP contribution in [-0.2, 0) is 10.0 Å². The number of aromatic nitrogens is 1. The molecule has 0 atom stereocenters. The van der Waals surface area contributed by atoms with Crippen LogP contribution in [0.3, 0.4) is 0 Å². The number of rotatable bonds is 4. The predicted molar refractivity (Wildman–Crippen MR) is 74.4 cm³/mol. The predicted octanol–water partition coefficient (Wildman–Crippen LogP) is 0.762. The molecule has 108 valence electrons. The molecule has 1 aliphatic rings. The van der Waals surface area contributed by atoms with Crippen molar-refractivity contribution in [2.75, 3.05) is 7.05 Å². The summed E-state index contributed by atoms with van der Waals surface area (Å²) in [7, 11) is -1.62. The third kappa shape index (κ3) is 3.54. The zero-order valence-electron chi connectivity index (χ0n) is 11.3. The van der Waals surface area contributed by atoms with Crippen LogP contribution in [0, 0.1) is 11.3 Å². The van der Waals surface area contributed by atoms with Crippen LogP contribution >= 0.6 is 0 Å². The smallest absolute Gasteiger partial charge is 0.242 e. The Kier molecular flexibility index (Phi) is 4.70. The van der Waals surface area contributed by atoms with E-state index in [1.807, 2.05) is 13.1 Å². The van der Waals surface area contributed by atoms with Crippen molar-refractivity contribution in [2.45, 2.75) is 42.7 Å². The third-order valence-corrected chi connectivity index (χ3v) is 5.12. The van der Waals surface area contributed by atoms with Crippen molar-refractivity contribution in [1.29, 1.82) is 5.26 Å². The summed E-state index contributed by atoms with van der Waals surface area (Å²) in [5, 5.41) is 11.9. The summed E-state index contributed by atoms with van der Waals surface area (Å²) >= 11 is 0. The lowest BCUT2D eigenvalue weighted by Gasteiger charge is -2.28. The third-order valence-electron chi connectivity index (χ3n) is 3.62.